The quantitative estimate of drug-likeness (QED) is 0.661. The number of nitrogens with two attached hydrogens (primary N) is 1. The van der Waals surface area contributed by atoms with Crippen LogP contribution in [-0.2, 0) is 22.3 Å². The van der Waals surface area contributed by atoms with Gasteiger partial charge >= 0.3 is 6.18 Å². The van der Waals surface area contributed by atoms with Crippen LogP contribution in [0.3, 0.4) is 0 Å². The number of carbonyl (C=O) groups is 2. The summed E-state index contributed by atoms with van der Waals surface area (Å²) < 4.78 is 38.9. The smallest absolute Gasteiger partial charge is 0.350 e. The van der Waals surface area contributed by atoms with Gasteiger partial charge in [-0.3, -0.25) is 9.59 Å². The van der Waals surface area contributed by atoms with Gasteiger partial charge in [0, 0.05) is 12.7 Å². The molecule has 0 aliphatic rings. The predicted octanol–water partition coefficient (Wildman–Crippen LogP) is 1.61. The minimum Gasteiger partial charge on any atom is -0.350 e. The van der Waals surface area contributed by atoms with E-state index in [2.05, 4.69) is 15.7 Å². The number of nitrogens with zero attached hydrogens (tertiary/aromatic N) is 2. The molecular formula is C18H22F3N5O2. The molecule has 1 atom stereocenters. The molecule has 7 nitrogen and oxygen atoms in total. The highest BCUT2D eigenvalue weighted by atomic mass is 19.4. The number of halogens is 3. The van der Waals surface area contributed by atoms with Crippen LogP contribution in [-0.4, -0.2) is 34.2 Å². The second-order valence-electron chi connectivity index (χ2n) is 6.57. The van der Waals surface area contributed by atoms with E-state index >= 15 is 0 Å². The molecule has 0 aliphatic carbocycles. The van der Waals surface area contributed by atoms with Gasteiger partial charge in [-0.15, -0.1) is 0 Å². The number of hydrogen-bond donors (Lipinski definition) is 3. The van der Waals surface area contributed by atoms with E-state index in [-0.39, 0.29) is 24.9 Å². The van der Waals surface area contributed by atoms with Gasteiger partial charge in [-0.2, -0.15) is 18.3 Å². The van der Waals surface area contributed by atoms with Crippen molar-refractivity contribution in [2.24, 2.45) is 11.7 Å². The Hall–Kier alpha value is -2.88. The standard InChI is InChI=1S/C18H22F3N5O2/c1-11(2)16(22)17(28)24-10-15(27)23-9-12-3-5-13(6-4-12)26-8-7-14(25-26)18(19,20)21/h3-8,11,16H,9-10,22H2,1-2H3,(H,23,27)(H,24,28)/t16-/m0/s1. The molecule has 2 amide bonds. The van der Waals surface area contributed by atoms with Crippen molar-refractivity contribution < 1.29 is 22.8 Å². The lowest BCUT2D eigenvalue weighted by Crippen LogP contribution is -2.47. The van der Waals surface area contributed by atoms with Crippen LogP contribution in [0.2, 0.25) is 0 Å². The Morgan fingerprint density at radius 3 is 2.32 bits per heavy atom. The average Bonchev–Trinajstić information content (AvgIpc) is 3.14. The van der Waals surface area contributed by atoms with E-state index in [1.165, 1.54) is 6.20 Å². The Morgan fingerprint density at radius 1 is 1.14 bits per heavy atom. The van der Waals surface area contributed by atoms with Crippen molar-refractivity contribution in [2.45, 2.75) is 32.6 Å². The van der Waals surface area contributed by atoms with Crippen molar-refractivity contribution >= 4 is 11.8 Å². The Bertz CT molecular complexity index is 815. The second kappa shape index (κ2) is 8.87. The molecule has 0 fully saturated rings. The van der Waals surface area contributed by atoms with Crippen molar-refractivity contribution in [2.75, 3.05) is 6.54 Å². The van der Waals surface area contributed by atoms with Gasteiger partial charge in [0.25, 0.3) is 0 Å². The summed E-state index contributed by atoms with van der Waals surface area (Å²) in [6, 6.07) is 6.74. The molecule has 2 rings (SSSR count). The molecule has 10 heteroatoms. The SMILES string of the molecule is CC(C)[C@H](N)C(=O)NCC(=O)NCc1ccc(-n2ccc(C(F)(F)F)n2)cc1. The third-order valence-electron chi connectivity index (χ3n) is 4.01. The highest BCUT2D eigenvalue weighted by Gasteiger charge is 2.33. The van der Waals surface area contributed by atoms with Gasteiger partial charge < -0.3 is 16.4 Å². The zero-order chi connectivity index (χ0) is 20.9. The molecule has 0 unspecified atom stereocenters. The topological polar surface area (TPSA) is 102 Å². The normalized spacial score (nSPS) is 12.7. The fraction of sp³-hybridized carbons (Fsp3) is 0.389. The van der Waals surface area contributed by atoms with Gasteiger partial charge in [-0.05, 0) is 29.7 Å². The molecule has 0 bridgehead atoms. The molecular weight excluding hydrogens is 375 g/mol. The molecule has 1 aromatic carbocycles. The first-order valence-electron chi connectivity index (χ1n) is 8.60. The Labute approximate surface area is 160 Å². The van der Waals surface area contributed by atoms with Crippen molar-refractivity contribution in [1.82, 2.24) is 20.4 Å². The van der Waals surface area contributed by atoms with E-state index in [4.69, 9.17) is 5.73 Å². The van der Waals surface area contributed by atoms with Crippen molar-refractivity contribution in [3.8, 4) is 5.69 Å². The molecule has 28 heavy (non-hydrogen) atoms. The lowest BCUT2D eigenvalue weighted by molar-refractivity contribution is -0.141. The first kappa shape index (κ1) is 21.4. The second-order valence-corrected chi connectivity index (χ2v) is 6.57. The van der Waals surface area contributed by atoms with Crippen LogP contribution in [0.25, 0.3) is 5.69 Å². The molecule has 0 saturated heterocycles. The monoisotopic (exact) mass is 397 g/mol. The highest BCUT2D eigenvalue weighted by molar-refractivity contribution is 5.87. The van der Waals surface area contributed by atoms with E-state index in [1.807, 2.05) is 0 Å². The minimum absolute atomic E-state index is 0.0384. The Morgan fingerprint density at radius 2 is 1.79 bits per heavy atom. The van der Waals surface area contributed by atoms with E-state index in [0.717, 1.165) is 16.3 Å². The summed E-state index contributed by atoms with van der Waals surface area (Å²) in [4.78, 5) is 23.5. The third-order valence-corrected chi connectivity index (χ3v) is 4.01. The number of nitrogens with one attached hydrogen (secondary N) is 2. The van der Waals surface area contributed by atoms with Crippen LogP contribution in [0.5, 0.6) is 0 Å². The fourth-order valence-corrected chi connectivity index (χ4v) is 2.24. The summed E-state index contributed by atoms with van der Waals surface area (Å²) in [7, 11) is 0. The average molecular weight is 397 g/mol. The minimum atomic E-state index is -4.50. The number of aromatic nitrogens is 2. The van der Waals surface area contributed by atoms with Crippen molar-refractivity contribution in [3.63, 3.8) is 0 Å². The number of amides is 2. The Balaban J connectivity index is 1.85. The van der Waals surface area contributed by atoms with Gasteiger partial charge in [-0.1, -0.05) is 26.0 Å². The van der Waals surface area contributed by atoms with Crippen LogP contribution >= 0.6 is 0 Å². The first-order valence-corrected chi connectivity index (χ1v) is 8.60. The molecule has 152 valence electrons. The van der Waals surface area contributed by atoms with Gasteiger partial charge in [-0.25, -0.2) is 4.68 Å². The summed E-state index contributed by atoms with van der Waals surface area (Å²) in [6.45, 7) is 3.63. The molecule has 0 aliphatic heterocycles. The lowest BCUT2D eigenvalue weighted by Gasteiger charge is -2.15. The maximum Gasteiger partial charge on any atom is 0.435 e. The molecule has 2 aromatic rings. The van der Waals surface area contributed by atoms with Gasteiger partial charge in [0.05, 0.1) is 18.3 Å². The summed E-state index contributed by atoms with van der Waals surface area (Å²) in [5, 5.41) is 8.60. The zero-order valence-electron chi connectivity index (χ0n) is 15.5. The van der Waals surface area contributed by atoms with E-state index < -0.39 is 23.8 Å². The van der Waals surface area contributed by atoms with Crippen LogP contribution < -0.4 is 16.4 Å². The number of hydrogen-bond acceptors (Lipinski definition) is 4. The number of rotatable bonds is 7. The summed E-state index contributed by atoms with van der Waals surface area (Å²) in [5.41, 5.74) is 5.92. The largest absolute Gasteiger partial charge is 0.435 e. The van der Waals surface area contributed by atoms with Gasteiger partial charge in [0.2, 0.25) is 11.8 Å². The summed E-state index contributed by atoms with van der Waals surface area (Å²) >= 11 is 0. The number of alkyl halides is 3. The molecule has 0 spiro atoms. The maximum absolute atomic E-state index is 12.6. The molecule has 4 N–H and O–H groups in total. The van der Waals surface area contributed by atoms with E-state index in [9.17, 15) is 22.8 Å². The van der Waals surface area contributed by atoms with Crippen molar-refractivity contribution in [3.05, 3.63) is 47.8 Å². The maximum atomic E-state index is 12.6. The summed E-state index contributed by atoms with van der Waals surface area (Å²) in [6.07, 6.45) is -3.27. The first-order chi connectivity index (χ1) is 13.1. The lowest BCUT2D eigenvalue weighted by atomic mass is 10.1. The molecule has 1 aromatic heterocycles. The zero-order valence-corrected chi connectivity index (χ0v) is 15.5. The molecule has 0 radical (unpaired) electrons. The van der Waals surface area contributed by atoms with Crippen LogP contribution in [0, 0.1) is 5.92 Å². The predicted molar refractivity (Wildman–Crippen MR) is 96.2 cm³/mol. The fourth-order valence-electron chi connectivity index (χ4n) is 2.24. The van der Waals surface area contributed by atoms with Crippen LogP contribution in [0.1, 0.15) is 25.1 Å². The Kier molecular flexibility index (Phi) is 6.79. The summed E-state index contributed by atoms with van der Waals surface area (Å²) in [5.74, 6) is -0.814. The van der Waals surface area contributed by atoms with Crippen LogP contribution in [0.4, 0.5) is 13.2 Å². The highest BCUT2D eigenvalue weighted by Crippen LogP contribution is 2.27. The molecule has 1 heterocycles. The van der Waals surface area contributed by atoms with Gasteiger partial charge in [0.1, 0.15) is 0 Å². The number of carbonyl (C=O) groups excluding carboxylic acids is 2. The van der Waals surface area contributed by atoms with E-state index in [0.29, 0.717) is 5.69 Å². The number of benzene rings is 1. The molecule has 0 saturated carbocycles. The third kappa shape index (κ3) is 5.81. The van der Waals surface area contributed by atoms with Gasteiger partial charge in [0.15, 0.2) is 5.69 Å². The van der Waals surface area contributed by atoms with Crippen LogP contribution in [0.15, 0.2) is 36.5 Å². The van der Waals surface area contributed by atoms with E-state index in [1.54, 1.807) is 38.1 Å². The van der Waals surface area contributed by atoms with Crippen molar-refractivity contribution in [1.29, 1.82) is 0 Å².